The van der Waals surface area contributed by atoms with Crippen molar-refractivity contribution < 1.29 is 0 Å². The van der Waals surface area contributed by atoms with E-state index in [2.05, 4.69) is 67.2 Å². The van der Waals surface area contributed by atoms with Crippen molar-refractivity contribution in [2.75, 3.05) is 0 Å². The number of hydrogen-bond donors (Lipinski definition) is 1. The van der Waals surface area contributed by atoms with Gasteiger partial charge in [-0.25, -0.2) is 0 Å². The highest BCUT2D eigenvalue weighted by Crippen LogP contribution is 2.21. The molecule has 0 aliphatic carbocycles. The standard InChI is InChI=1S/C15H19NS/c1-11-5-4-6-14(9-11)12(2)16-13(3)15-7-8-17-10-15/h4-10,12-13,16H,1-3H3/t12-,13?/m0/s1. The maximum absolute atomic E-state index is 3.63. The molecule has 1 heterocycles. The Bertz CT molecular complexity index is 462. The zero-order valence-corrected chi connectivity index (χ0v) is 11.4. The van der Waals surface area contributed by atoms with E-state index in [-0.39, 0.29) is 0 Å². The summed E-state index contributed by atoms with van der Waals surface area (Å²) in [4.78, 5) is 0. The predicted octanol–water partition coefficient (Wildman–Crippen LogP) is 4.47. The van der Waals surface area contributed by atoms with Gasteiger partial charge in [0.05, 0.1) is 0 Å². The number of hydrogen-bond acceptors (Lipinski definition) is 2. The Morgan fingerprint density at radius 3 is 2.47 bits per heavy atom. The van der Waals surface area contributed by atoms with Crippen LogP contribution in [0.5, 0.6) is 0 Å². The largest absolute Gasteiger partial charge is 0.304 e. The second kappa shape index (κ2) is 5.48. The van der Waals surface area contributed by atoms with Gasteiger partial charge in [-0.3, -0.25) is 0 Å². The minimum absolute atomic E-state index is 0.379. The first-order valence-electron chi connectivity index (χ1n) is 6.01. The summed E-state index contributed by atoms with van der Waals surface area (Å²) in [5.41, 5.74) is 4.04. The Morgan fingerprint density at radius 2 is 1.82 bits per heavy atom. The molecule has 1 unspecified atom stereocenters. The molecule has 0 saturated heterocycles. The third-order valence-corrected chi connectivity index (χ3v) is 3.79. The highest BCUT2D eigenvalue weighted by atomic mass is 32.1. The van der Waals surface area contributed by atoms with Gasteiger partial charge in [-0.2, -0.15) is 11.3 Å². The lowest BCUT2D eigenvalue weighted by Gasteiger charge is -2.20. The topological polar surface area (TPSA) is 12.0 Å². The molecular weight excluding hydrogens is 226 g/mol. The fourth-order valence-electron chi connectivity index (χ4n) is 2.03. The Morgan fingerprint density at radius 1 is 1.06 bits per heavy atom. The van der Waals surface area contributed by atoms with Crippen LogP contribution in [0.2, 0.25) is 0 Å². The van der Waals surface area contributed by atoms with Crippen LogP contribution in [0.4, 0.5) is 0 Å². The predicted molar refractivity (Wildman–Crippen MR) is 75.5 cm³/mol. The molecule has 17 heavy (non-hydrogen) atoms. The van der Waals surface area contributed by atoms with Gasteiger partial charge in [0, 0.05) is 12.1 Å². The summed E-state index contributed by atoms with van der Waals surface area (Å²) in [5, 5.41) is 7.97. The van der Waals surface area contributed by atoms with Crippen LogP contribution >= 0.6 is 11.3 Å². The van der Waals surface area contributed by atoms with Gasteiger partial charge in [0.15, 0.2) is 0 Å². The van der Waals surface area contributed by atoms with E-state index in [1.807, 2.05) is 0 Å². The summed E-state index contributed by atoms with van der Waals surface area (Å²) >= 11 is 1.75. The van der Waals surface area contributed by atoms with Crippen LogP contribution in [0.3, 0.4) is 0 Å². The molecule has 2 rings (SSSR count). The molecule has 2 heteroatoms. The molecule has 1 nitrogen and oxygen atoms in total. The van der Waals surface area contributed by atoms with Crippen LogP contribution in [-0.2, 0) is 0 Å². The molecule has 0 bridgehead atoms. The van der Waals surface area contributed by atoms with Gasteiger partial charge in [0.1, 0.15) is 0 Å². The fraction of sp³-hybridized carbons (Fsp3) is 0.333. The summed E-state index contributed by atoms with van der Waals surface area (Å²) in [7, 11) is 0. The Kier molecular flexibility index (Phi) is 3.97. The lowest BCUT2D eigenvalue weighted by atomic mass is 10.0. The third-order valence-electron chi connectivity index (χ3n) is 3.09. The number of rotatable bonds is 4. The summed E-state index contributed by atoms with van der Waals surface area (Å²) in [6.07, 6.45) is 0. The van der Waals surface area contributed by atoms with E-state index in [4.69, 9.17) is 0 Å². The fourth-order valence-corrected chi connectivity index (χ4v) is 2.78. The summed E-state index contributed by atoms with van der Waals surface area (Å²) in [6.45, 7) is 6.57. The van der Waals surface area contributed by atoms with E-state index >= 15 is 0 Å². The Balaban J connectivity index is 2.04. The van der Waals surface area contributed by atoms with E-state index in [9.17, 15) is 0 Å². The zero-order chi connectivity index (χ0) is 12.3. The SMILES string of the molecule is Cc1cccc([C@H](C)NC(C)c2ccsc2)c1. The van der Waals surface area contributed by atoms with Crippen molar-refractivity contribution in [2.45, 2.75) is 32.9 Å². The smallest absolute Gasteiger partial charge is 0.0305 e. The molecule has 90 valence electrons. The van der Waals surface area contributed by atoms with Crippen molar-refractivity contribution in [1.82, 2.24) is 5.32 Å². The number of aryl methyl sites for hydroxylation is 1. The van der Waals surface area contributed by atoms with Crippen molar-refractivity contribution in [1.29, 1.82) is 0 Å². The lowest BCUT2D eigenvalue weighted by Crippen LogP contribution is -2.22. The van der Waals surface area contributed by atoms with Crippen LogP contribution in [0, 0.1) is 6.92 Å². The molecule has 0 aliphatic rings. The quantitative estimate of drug-likeness (QED) is 0.838. The van der Waals surface area contributed by atoms with Gasteiger partial charge in [-0.05, 0) is 48.7 Å². The highest BCUT2D eigenvalue weighted by molar-refractivity contribution is 7.07. The van der Waals surface area contributed by atoms with Crippen LogP contribution in [0.15, 0.2) is 41.1 Å². The maximum atomic E-state index is 3.63. The number of thiophene rings is 1. The second-order valence-electron chi connectivity index (χ2n) is 4.58. The van der Waals surface area contributed by atoms with Gasteiger partial charge in [0.2, 0.25) is 0 Å². The first-order chi connectivity index (χ1) is 8.16. The molecular formula is C15H19NS. The minimum Gasteiger partial charge on any atom is -0.304 e. The van der Waals surface area contributed by atoms with Crippen molar-refractivity contribution in [3.8, 4) is 0 Å². The van der Waals surface area contributed by atoms with Crippen molar-refractivity contribution in [2.24, 2.45) is 0 Å². The third kappa shape index (κ3) is 3.18. The monoisotopic (exact) mass is 245 g/mol. The summed E-state index contributed by atoms with van der Waals surface area (Å²) < 4.78 is 0. The molecule has 2 aromatic rings. The molecule has 1 N–H and O–H groups in total. The first-order valence-corrected chi connectivity index (χ1v) is 6.96. The second-order valence-corrected chi connectivity index (χ2v) is 5.36. The van der Waals surface area contributed by atoms with Gasteiger partial charge in [0.25, 0.3) is 0 Å². The molecule has 0 aliphatic heterocycles. The molecule has 0 fully saturated rings. The minimum atomic E-state index is 0.379. The molecule has 0 saturated carbocycles. The van der Waals surface area contributed by atoms with Crippen molar-refractivity contribution in [3.05, 3.63) is 57.8 Å². The van der Waals surface area contributed by atoms with Gasteiger partial charge >= 0.3 is 0 Å². The molecule has 0 radical (unpaired) electrons. The van der Waals surface area contributed by atoms with Crippen LogP contribution < -0.4 is 5.32 Å². The van der Waals surface area contributed by atoms with E-state index in [1.165, 1.54) is 16.7 Å². The number of nitrogens with one attached hydrogen (secondary N) is 1. The van der Waals surface area contributed by atoms with Gasteiger partial charge < -0.3 is 5.32 Å². The Labute approximate surface area is 108 Å². The average molecular weight is 245 g/mol. The van der Waals surface area contributed by atoms with Crippen LogP contribution in [0.25, 0.3) is 0 Å². The van der Waals surface area contributed by atoms with Crippen LogP contribution in [-0.4, -0.2) is 0 Å². The van der Waals surface area contributed by atoms with E-state index in [0.29, 0.717) is 12.1 Å². The normalized spacial score (nSPS) is 14.5. The van der Waals surface area contributed by atoms with Crippen molar-refractivity contribution in [3.63, 3.8) is 0 Å². The summed E-state index contributed by atoms with van der Waals surface area (Å²) in [6, 6.07) is 11.7. The maximum Gasteiger partial charge on any atom is 0.0305 e. The zero-order valence-electron chi connectivity index (χ0n) is 10.6. The number of benzene rings is 1. The molecule has 1 aromatic heterocycles. The van der Waals surface area contributed by atoms with Gasteiger partial charge in [-0.15, -0.1) is 0 Å². The van der Waals surface area contributed by atoms with Gasteiger partial charge in [-0.1, -0.05) is 29.8 Å². The molecule has 1 aromatic carbocycles. The van der Waals surface area contributed by atoms with E-state index in [1.54, 1.807) is 11.3 Å². The first kappa shape index (κ1) is 12.3. The van der Waals surface area contributed by atoms with Crippen molar-refractivity contribution >= 4 is 11.3 Å². The highest BCUT2D eigenvalue weighted by Gasteiger charge is 2.11. The molecule has 0 amide bonds. The molecule has 0 spiro atoms. The summed E-state index contributed by atoms with van der Waals surface area (Å²) in [5.74, 6) is 0. The van der Waals surface area contributed by atoms with Crippen LogP contribution in [0.1, 0.15) is 42.6 Å². The Hall–Kier alpha value is -1.12. The average Bonchev–Trinajstić information content (AvgIpc) is 2.82. The lowest BCUT2D eigenvalue weighted by molar-refractivity contribution is 0.495. The van der Waals surface area contributed by atoms with E-state index < -0.39 is 0 Å². The van der Waals surface area contributed by atoms with E-state index in [0.717, 1.165) is 0 Å². The molecule has 2 atom stereocenters.